The molecule has 0 radical (unpaired) electrons. The molecule has 12 heteroatoms. The predicted molar refractivity (Wildman–Crippen MR) is 166 cm³/mol. The maximum Gasteiger partial charge on any atom is 0.261 e. The first-order valence-electron chi connectivity index (χ1n) is 14.3. The Hall–Kier alpha value is -4.68. The number of para-hydroxylation sites is 1. The number of hydrogen-bond acceptors (Lipinski definition) is 9. The quantitative estimate of drug-likeness (QED) is 0.154. The van der Waals surface area contributed by atoms with Gasteiger partial charge in [-0.3, -0.25) is 4.72 Å². The van der Waals surface area contributed by atoms with Crippen molar-refractivity contribution in [1.82, 2.24) is 19.5 Å². The van der Waals surface area contributed by atoms with Gasteiger partial charge in [0.25, 0.3) is 10.0 Å². The van der Waals surface area contributed by atoms with Gasteiger partial charge < -0.3 is 25.0 Å². The zero-order valence-electron chi connectivity index (χ0n) is 23.6. The van der Waals surface area contributed by atoms with Crippen LogP contribution in [0.4, 0.5) is 23.1 Å². The number of aliphatic hydroxyl groups is 1. The molecule has 1 fully saturated rings. The molecule has 0 unspecified atom stereocenters. The lowest BCUT2D eigenvalue weighted by Gasteiger charge is -2.26. The molecule has 4 N–H and O–H groups in total. The summed E-state index contributed by atoms with van der Waals surface area (Å²) in [7, 11) is -3.81. The highest BCUT2D eigenvalue weighted by Gasteiger charge is 2.21. The van der Waals surface area contributed by atoms with Gasteiger partial charge in [0.05, 0.1) is 17.3 Å². The molecule has 0 spiro atoms. The molecule has 0 atom stereocenters. The third kappa shape index (κ3) is 6.71. The SMILES string of the molecule is CCn1cnc2c(Nc3ccc(NS(=O)(=O)c4ccc(Oc5ccccc5)cc4)cc3)nc(NC3CCC(O)CC3)nc21. The van der Waals surface area contributed by atoms with Crippen molar-refractivity contribution in [3.05, 3.63) is 85.2 Å². The summed E-state index contributed by atoms with van der Waals surface area (Å²) in [6.07, 6.45) is 4.70. The van der Waals surface area contributed by atoms with Crippen LogP contribution in [0.1, 0.15) is 32.6 Å². The molecule has 222 valence electrons. The molecule has 0 aliphatic heterocycles. The maximum absolute atomic E-state index is 13.0. The molecule has 3 aromatic carbocycles. The van der Waals surface area contributed by atoms with Gasteiger partial charge in [0, 0.05) is 24.0 Å². The van der Waals surface area contributed by atoms with Crippen LogP contribution in [0.5, 0.6) is 11.5 Å². The maximum atomic E-state index is 13.0. The number of nitrogens with one attached hydrogen (secondary N) is 3. The van der Waals surface area contributed by atoms with E-state index in [1.165, 1.54) is 12.1 Å². The molecule has 5 aromatic rings. The summed E-state index contributed by atoms with van der Waals surface area (Å²) in [5.41, 5.74) is 2.47. The van der Waals surface area contributed by atoms with Gasteiger partial charge in [0.2, 0.25) is 5.95 Å². The van der Waals surface area contributed by atoms with E-state index in [-0.39, 0.29) is 17.0 Å². The lowest BCUT2D eigenvalue weighted by atomic mass is 9.93. The Morgan fingerprint density at radius 2 is 1.56 bits per heavy atom. The Kier molecular flexibility index (Phi) is 8.12. The smallest absolute Gasteiger partial charge is 0.261 e. The highest BCUT2D eigenvalue weighted by molar-refractivity contribution is 7.92. The van der Waals surface area contributed by atoms with Crippen molar-refractivity contribution in [3.8, 4) is 11.5 Å². The summed E-state index contributed by atoms with van der Waals surface area (Å²) in [5, 5.41) is 16.6. The van der Waals surface area contributed by atoms with Gasteiger partial charge in [-0.15, -0.1) is 0 Å². The van der Waals surface area contributed by atoms with Crippen LogP contribution >= 0.6 is 0 Å². The van der Waals surface area contributed by atoms with E-state index in [9.17, 15) is 13.5 Å². The summed E-state index contributed by atoms with van der Waals surface area (Å²) < 4.78 is 36.4. The van der Waals surface area contributed by atoms with E-state index in [0.29, 0.717) is 52.3 Å². The summed E-state index contributed by atoms with van der Waals surface area (Å²) in [5.74, 6) is 2.25. The average Bonchev–Trinajstić information content (AvgIpc) is 3.43. The van der Waals surface area contributed by atoms with Gasteiger partial charge in [-0.05, 0) is 93.3 Å². The van der Waals surface area contributed by atoms with Crippen molar-refractivity contribution >= 4 is 44.3 Å². The number of imidazole rings is 1. The van der Waals surface area contributed by atoms with Crippen molar-refractivity contribution in [2.45, 2.75) is 56.2 Å². The second-order valence-corrected chi connectivity index (χ2v) is 12.1. The highest BCUT2D eigenvalue weighted by atomic mass is 32.2. The summed E-state index contributed by atoms with van der Waals surface area (Å²) >= 11 is 0. The van der Waals surface area contributed by atoms with Gasteiger partial charge in [-0.1, -0.05) is 18.2 Å². The number of sulfonamides is 1. The first kappa shape index (κ1) is 28.4. The Morgan fingerprint density at radius 1 is 0.884 bits per heavy atom. The normalized spacial score (nSPS) is 17.0. The van der Waals surface area contributed by atoms with Crippen LogP contribution in [-0.4, -0.2) is 45.2 Å². The lowest BCUT2D eigenvalue weighted by molar-refractivity contribution is 0.126. The fraction of sp³-hybridized carbons (Fsp3) is 0.258. The van der Waals surface area contributed by atoms with E-state index >= 15 is 0 Å². The van der Waals surface area contributed by atoms with Gasteiger partial charge in [-0.25, -0.2) is 13.4 Å². The van der Waals surface area contributed by atoms with Gasteiger partial charge in [-0.2, -0.15) is 9.97 Å². The van der Waals surface area contributed by atoms with Crippen LogP contribution in [0.15, 0.2) is 90.1 Å². The van der Waals surface area contributed by atoms with E-state index in [0.717, 1.165) is 25.7 Å². The van der Waals surface area contributed by atoms with Gasteiger partial charge in [0.15, 0.2) is 17.0 Å². The van der Waals surface area contributed by atoms with Gasteiger partial charge in [0.1, 0.15) is 11.5 Å². The Morgan fingerprint density at radius 3 is 2.26 bits per heavy atom. The predicted octanol–water partition coefficient (Wildman–Crippen LogP) is 5.90. The van der Waals surface area contributed by atoms with Crippen molar-refractivity contribution in [3.63, 3.8) is 0 Å². The number of hydrogen-bond donors (Lipinski definition) is 4. The molecule has 6 rings (SSSR count). The lowest BCUT2D eigenvalue weighted by Crippen LogP contribution is -2.29. The zero-order chi connectivity index (χ0) is 29.8. The standard InChI is InChI=1S/C31H33N7O4S/c1-2-38-20-32-28-29(35-31(36-30(28)38)34-22-12-14-24(39)15-13-22)33-21-8-10-23(11-9-21)37-43(40,41)27-18-16-26(17-19-27)42-25-6-4-3-5-7-25/h3-11,16-20,22,24,37,39H,2,12-15H2,1H3,(H2,33,34,35,36). The zero-order valence-corrected chi connectivity index (χ0v) is 24.5. The molecule has 1 saturated carbocycles. The highest BCUT2D eigenvalue weighted by Crippen LogP contribution is 2.28. The van der Waals surface area contributed by atoms with E-state index in [1.54, 1.807) is 42.7 Å². The molecular formula is C31H33N7O4S. The second-order valence-electron chi connectivity index (χ2n) is 10.4. The van der Waals surface area contributed by atoms with Crippen LogP contribution in [0.2, 0.25) is 0 Å². The summed E-state index contributed by atoms with van der Waals surface area (Å²) in [6.45, 7) is 2.73. The first-order chi connectivity index (χ1) is 20.9. The van der Waals surface area contributed by atoms with Crippen LogP contribution in [-0.2, 0) is 16.6 Å². The number of aliphatic hydroxyl groups excluding tert-OH is 1. The minimum absolute atomic E-state index is 0.123. The van der Waals surface area contributed by atoms with Crippen LogP contribution in [0.25, 0.3) is 11.2 Å². The topological polar surface area (TPSA) is 143 Å². The summed E-state index contributed by atoms with van der Waals surface area (Å²) in [6, 6.07) is 22.6. The molecule has 2 heterocycles. The fourth-order valence-electron chi connectivity index (χ4n) is 5.01. The Labute approximate surface area is 250 Å². The number of ether oxygens (including phenoxy) is 1. The number of aromatic nitrogens is 4. The van der Waals surface area contributed by atoms with Crippen LogP contribution < -0.4 is 20.1 Å². The van der Waals surface area contributed by atoms with Crippen molar-refractivity contribution < 1.29 is 18.3 Å². The molecule has 11 nitrogen and oxygen atoms in total. The van der Waals surface area contributed by atoms with Crippen molar-refractivity contribution in [2.75, 3.05) is 15.4 Å². The molecule has 2 aromatic heterocycles. The average molecular weight is 600 g/mol. The molecule has 0 amide bonds. The van der Waals surface area contributed by atoms with E-state index < -0.39 is 10.0 Å². The number of benzene rings is 3. The van der Waals surface area contributed by atoms with E-state index in [1.807, 2.05) is 41.8 Å². The van der Waals surface area contributed by atoms with Crippen LogP contribution in [0, 0.1) is 0 Å². The van der Waals surface area contributed by atoms with Crippen molar-refractivity contribution in [1.29, 1.82) is 0 Å². The molecule has 0 saturated heterocycles. The van der Waals surface area contributed by atoms with E-state index in [2.05, 4.69) is 20.3 Å². The number of fused-ring (bicyclic) bond motifs is 1. The molecule has 43 heavy (non-hydrogen) atoms. The molecule has 0 bridgehead atoms. The molecule has 1 aliphatic carbocycles. The number of rotatable bonds is 10. The molecule has 1 aliphatic rings. The minimum Gasteiger partial charge on any atom is -0.457 e. The van der Waals surface area contributed by atoms with Gasteiger partial charge >= 0.3 is 0 Å². The third-order valence-corrected chi connectivity index (χ3v) is 8.74. The van der Waals surface area contributed by atoms with Crippen molar-refractivity contribution in [2.24, 2.45) is 0 Å². The first-order valence-corrected chi connectivity index (χ1v) is 15.7. The largest absolute Gasteiger partial charge is 0.457 e. The summed E-state index contributed by atoms with van der Waals surface area (Å²) in [4.78, 5) is 14.1. The van der Waals surface area contributed by atoms with E-state index in [4.69, 9.17) is 14.7 Å². The third-order valence-electron chi connectivity index (χ3n) is 7.35. The monoisotopic (exact) mass is 599 g/mol. The second kappa shape index (κ2) is 12.3. The number of nitrogens with zero attached hydrogens (tertiary/aromatic N) is 4. The Bertz CT molecular complexity index is 1790. The number of anilines is 4. The molecular weight excluding hydrogens is 566 g/mol. The fourth-order valence-corrected chi connectivity index (χ4v) is 6.07. The Balaban J connectivity index is 1.15. The minimum atomic E-state index is -3.81. The number of aryl methyl sites for hydroxylation is 1. The van der Waals surface area contributed by atoms with Crippen LogP contribution in [0.3, 0.4) is 0 Å².